The van der Waals surface area contributed by atoms with Gasteiger partial charge in [-0.3, -0.25) is 9.59 Å². The zero-order valence-corrected chi connectivity index (χ0v) is 14.0. The fourth-order valence-corrected chi connectivity index (χ4v) is 2.94. The van der Waals surface area contributed by atoms with Crippen LogP contribution in [0.2, 0.25) is 0 Å². The van der Waals surface area contributed by atoms with Crippen molar-refractivity contribution in [2.45, 2.75) is 26.3 Å². The van der Waals surface area contributed by atoms with Crippen LogP contribution in [-0.4, -0.2) is 35.0 Å². The number of hydrogen-bond donors (Lipinski definition) is 1. The number of hydrogen-bond acceptors (Lipinski definition) is 4. The van der Waals surface area contributed by atoms with Crippen molar-refractivity contribution in [2.24, 2.45) is 5.92 Å². The lowest BCUT2D eigenvalue weighted by Gasteiger charge is -2.31. The van der Waals surface area contributed by atoms with Crippen molar-refractivity contribution in [1.82, 2.24) is 15.4 Å². The minimum atomic E-state index is -0.306. The van der Waals surface area contributed by atoms with Gasteiger partial charge in [0.2, 0.25) is 5.91 Å². The Morgan fingerprint density at radius 3 is 2.80 bits per heavy atom. The van der Waals surface area contributed by atoms with Gasteiger partial charge in [-0.15, -0.1) is 0 Å². The predicted molar refractivity (Wildman–Crippen MR) is 88.1 cm³/mol. The van der Waals surface area contributed by atoms with Crippen molar-refractivity contribution in [1.29, 1.82) is 0 Å². The van der Waals surface area contributed by atoms with E-state index < -0.39 is 0 Å². The Bertz CT molecular complexity index is 757. The van der Waals surface area contributed by atoms with Crippen LogP contribution in [0.15, 0.2) is 34.9 Å². The van der Waals surface area contributed by atoms with E-state index in [2.05, 4.69) is 10.5 Å². The number of aryl methyl sites for hydroxylation is 1. The second-order valence-electron chi connectivity index (χ2n) is 6.26. The van der Waals surface area contributed by atoms with Gasteiger partial charge in [0.1, 0.15) is 11.6 Å². The first-order valence-electron chi connectivity index (χ1n) is 8.27. The average Bonchev–Trinajstić information content (AvgIpc) is 3.07. The van der Waals surface area contributed by atoms with E-state index in [4.69, 9.17) is 4.52 Å². The third-order valence-corrected chi connectivity index (χ3v) is 4.31. The van der Waals surface area contributed by atoms with Crippen LogP contribution >= 0.6 is 0 Å². The van der Waals surface area contributed by atoms with Crippen molar-refractivity contribution in [3.05, 3.63) is 53.2 Å². The average molecular weight is 345 g/mol. The molecule has 1 aliphatic rings. The molecule has 1 saturated heterocycles. The molecule has 3 rings (SSSR count). The lowest BCUT2D eigenvalue weighted by molar-refractivity contribution is -0.126. The number of halogens is 1. The summed E-state index contributed by atoms with van der Waals surface area (Å²) in [4.78, 5) is 26.5. The van der Waals surface area contributed by atoms with E-state index >= 15 is 0 Å². The van der Waals surface area contributed by atoms with Gasteiger partial charge < -0.3 is 14.7 Å². The zero-order chi connectivity index (χ0) is 17.8. The van der Waals surface area contributed by atoms with Crippen molar-refractivity contribution >= 4 is 11.8 Å². The minimum Gasteiger partial charge on any atom is -0.361 e. The van der Waals surface area contributed by atoms with Gasteiger partial charge in [-0.05, 0) is 37.5 Å². The number of carbonyl (C=O) groups is 2. The lowest BCUT2D eigenvalue weighted by atomic mass is 9.96. The molecule has 0 aliphatic carbocycles. The summed E-state index contributed by atoms with van der Waals surface area (Å²) in [5, 5.41) is 6.60. The van der Waals surface area contributed by atoms with E-state index in [1.165, 1.54) is 12.1 Å². The Balaban J connectivity index is 1.56. The van der Waals surface area contributed by atoms with E-state index in [0.717, 1.165) is 18.4 Å². The molecule has 1 aliphatic heterocycles. The number of likely N-dealkylation sites (tertiary alicyclic amines) is 1. The summed E-state index contributed by atoms with van der Waals surface area (Å²) in [6.45, 7) is 3.03. The van der Waals surface area contributed by atoms with Gasteiger partial charge in [0, 0.05) is 25.7 Å². The quantitative estimate of drug-likeness (QED) is 0.922. The predicted octanol–water partition coefficient (Wildman–Crippen LogP) is 2.29. The summed E-state index contributed by atoms with van der Waals surface area (Å²) in [6.07, 6.45) is 1.49. The van der Waals surface area contributed by atoms with E-state index in [1.807, 2.05) is 0 Å². The molecule has 132 valence electrons. The summed E-state index contributed by atoms with van der Waals surface area (Å²) < 4.78 is 17.8. The van der Waals surface area contributed by atoms with E-state index in [1.54, 1.807) is 30.0 Å². The third-order valence-electron chi connectivity index (χ3n) is 4.31. The molecule has 2 amide bonds. The lowest BCUT2D eigenvalue weighted by Crippen LogP contribution is -2.45. The van der Waals surface area contributed by atoms with Crippen LogP contribution in [0.3, 0.4) is 0 Å². The van der Waals surface area contributed by atoms with E-state index in [0.29, 0.717) is 25.4 Å². The maximum Gasteiger partial charge on any atom is 0.276 e. The van der Waals surface area contributed by atoms with Gasteiger partial charge in [-0.2, -0.15) is 0 Å². The molecular formula is C18H20FN3O3. The largest absolute Gasteiger partial charge is 0.361 e. The summed E-state index contributed by atoms with van der Waals surface area (Å²) in [5.41, 5.74) is 1.10. The number of piperidine rings is 1. The number of carbonyl (C=O) groups excluding carboxylic acids is 2. The van der Waals surface area contributed by atoms with Gasteiger partial charge >= 0.3 is 0 Å². The summed E-state index contributed by atoms with van der Waals surface area (Å²) in [5.74, 6) is -0.300. The second-order valence-corrected chi connectivity index (χ2v) is 6.26. The van der Waals surface area contributed by atoms with Crippen molar-refractivity contribution < 1.29 is 18.5 Å². The van der Waals surface area contributed by atoms with Crippen molar-refractivity contribution in [2.75, 3.05) is 13.1 Å². The maximum atomic E-state index is 12.9. The number of nitrogens with zero attached hydrogens (tertiary/aromatic N) is 2. The summed E-state index contributed by atoms with van der Waals surface area (Å²) in [7, 11) is 0. The third kappa shape index (κ3) is 4.23. The minimum absolute atomic E-state index is 0.0989. The molecule has 2 heterocycles. The first kappa shape index (κ1) is 17.1. The molecule has 1 N–H and O–H groups in total. The Kier molecular flexibility index (Phi) is 5.11. The van der Waals surface area contributed by atoms with Gasteiger partial charge in [0.25, 0.3) is 5.91 Å². The fourth-order valence-electron chi connectivity index (χ4n) is 2.94. The first-order chi connectivity index (χ1) is 12.0. The number of rotatable bonds is 4. The molecule has 1 unspecified atom stereocenters. The Hall–Kier alpha value is -2.70. The van der Waals surface area contributed by atoms with E-state index in [9.17, 15) is 14.0 Å². The number of aromatic nitrogens is 1. The summed E-state index contributed by atoms with van der Waals surface area (Å²) in [6, 6.07) is 7.60. The van der Waals surface area contributed by atoms with Gasteiger partial charge in [0.15, 0.2) is 5.69 Å². The van der Waals surface area contributed by atoms with Crippen LogP contribution in [0.5, 0.6) is 0 Å². The number of nitrogens with one attached hydrogen (secondary N) is 1. The van der Waals surface area contributed by atoms with Crippen molar-refractivity contribution in [3.63, 3.8) is 0 Å². The van der Waals surface area contributed by atoms with Crippen LogP contribution in [0.1, 0.15) is 34.7 Å². The molecule has 2 aromatic rings. The van der Waals surface area contributed by atoms with Crippen LogP contribution < -0.4 is 5.32 Å². The molecule has 1 atom stereocenters. The molecule has 0 radical (unpaired) electrons. The molecule has 0 bridgehead atoms. The Morgan fingerprint density at radius 2 is 2.12 bits per heavy atom. The highest BCUT2D eigenvalue weighted by Crippen LogP contribution is 2.19. The van der Waals surface area contributed by atoms with Gasteiger partial charge in [-0.25, -0.2) is 4.39 Å². The van der Waals surface area contributed by atoms with E-state index in [-0.39, 0.29) is 29.2 Å². The molecule has 0 spiro atoms. The normalized spacial score (nSPS) is 17.4. The monoisotopic (exact) mass is 345 g/mol. The van der Waals surface area contributed by atoms with Crippen molar-refractivity contribution in [3.8, 4) is 0 Å². The SMILES string of the molecule is Cc1cc(C(=O)N2CCCC(C(=O)NCc3ccc(F)cc3)C2)no1. The molecule has 1 aromatic carbocycles. The first-order valence-corrected chi connectivity index (χ1v) is 8.27. The topological polar surface area (TPSA) is 75.4 Å². The molecule has 25 heavy (non-hydrogen) atoms. The van der Waals surface area contributed by atoms with Gasteiger partial charge in [0.05, 0.1) is 5.92 Å². The fraction of sp³-hybridized carbons (Fsp3) is 0.389. The molecule has 0 saturated carbocycles. The molecule has 1 aromatic heterocycles. The van der Waals surface area contributed by atoms with Crippen LogP contribution in [-0.2, 0) is 11.3 Å². The smallest absolute Gasteiger partial charge is 0.276 e. The number of benzene rings is 1. The van der Waals surface area contributed by atoms with Crippen LogP contribution in [0.25, 0.3) is 0 Å². The molecular weight excluding hydrogens is 325 g/mol. The maximum absolute atomic E-state index is 12.9. The Morgan fingerprint density at radius 1 is 1.36 bits per heavy atom. The summed E-state index contributed by atoms with van der Waals surface area (Å²) >= 11 is 0. The highest BCUT2D eigenvalue weighted by atomic mass is 19.1. The zero-order valence-electron chi connectivity index (χ0n) is 14.0. The molecule has 7 heteroatoms. The standard InChI is InChI=1S/C18H20FN3O3/c1-12-9-16(21-25-12)18(24)22-8-2-3-14(11-22)17(23)20-10-13-4-6-15(19)7-5-13/h4-7,9,14H,2-3,8,10-11H2,1H3,(H,20,23). The molecule has 6 nitrogen and oxygen atoms in total. The molecule has 1 fully saturated rings. The van der Waals surface area contributed by atoms with Crippen LogP contribution in [0.4, 0.5) is 4.39 Å². The highest BCUT2D eigenvalue weighted by Gasteiger charge is 2.29. The number of amides is 2. The Labute approximate surface area is 145 Å². The van der Waals surface area contributed by atoms with Crippen LogP contribution in [0, 0.1) is 18.7 Å². The highest BCUT2D eigenvalue weighted by molar-refractivity contribution is 5.92. The second kappa shape index (κ2) is 7.46. The van der Waals surface area contributed by atoms with Gasteiger partial charge in [-0.1, -0.05) is 17.3 Å².